The van der Waals surface area contributed by atoms with Crippen molar-refractivity contribution in [3.05, 3.63) is 113 Å². The number of alkyl halides is 5. The summed E-state index contributed by atoms with van der Waals surface area (Å²) in [5, 5.41) is 0. The van der Waals surface area contributed by atoms with E-state index in [1.807, 2.05) is 6.92 Å². The quantitative estimate of drug-likeness (QED) is 0.124. The van der Waals surface area contributed by atoms with Crippen molar-refractivity contribution in [2.75, 3.05) is 19.8 Å². The molecule has 4 nitrogen and oxygen atoms in total. The summed E-state index contributed by atoms with van der Waals surface area (Å²) in [7, 11) is 0. The molecule has 1 saturated heterocycles. The molecule has 0 amide bonds. The predicted molar refractivity (Wildman–Crippen MR) is 152 cm³/mol. The second kappa shape index (κ2) is 14.0. The number of hydrogen-bond acceptors (Lipinski definition) is 4. The lowest BCUT2D eigenvalue weighted by atomic mass is 9.98. The molecule has 250 valence electrons. The van der Waals surface area contributed by atoms with Gasteiger partial charge in [-0.15, -0.1) is 0 Å². The molecule has 0 N–H and O–H groups in total. The highest BCUT2D eigenvalue weighted by atomic mass is 19.4. The minimum Gasteiger partial charge on any atom is -0.429 e. The van der Waals surface area contributed by atoms with Crippen LogP contribution in [0.2, 0.25) is 0 Å². The molecule has 4 aromatic rings. The van der Waals surface area contributed by atoms with Crippen molar-refractivity contribution < 1.29 is 58.5 Å². The van der Waals surface area contributed by atoms with E-state index < -0.39 is 58.7 Å². The first-order valence-corrected chi connectivity index (χ1v) is 14.4. The minimum atomic E-state index is -4.91. The molecule has 1 aliphatic heterocycles. The Morgan fingerprint density at radius 3 is 1.87 bits per heavy atom. The van der Waals surface area contributed by atoms with Crippen LogP contribution in [0.25, 0.3) is 22.3 Å². The van der Waals surface area contributed by atoms with E-state index in [4.69, 9.17) is 14.2 Å². The van der Waals surface area contributed by atoms with Crippen LogP contribution in [0.3, 0.4) is 0 Å². The van der Waals surface area contributed by atoms with Crippen molar-refractivity contribution in [1.82, 2.24) is 0 Å². The summed E-state index contributed by atoms with van der Waals surface area (Å²) in [4.78, 5) is 0. The maximum absolute atomic E-state index is 15.0. The number of hydrogen-bond donors (Lipinski definition) is 0. The first-order chi connectivity index (χ1) is 22.3. The molecule has 1 aliphatic rings. The highest BCUT2D eigenvalue weighted by Gasteiger charge is 2.42. The first kappa shape index (κ1) is 34.3. The number of unbranched alkanes of at least 4 members (excludes halogenated alkanes) is 1. The fraction of sp³-hybridized carbons (Fsp3) is 0.294. The van der Waals surface area contributed by atoms with Crippen LogP contribution in [0.5, 0.6) is 5.75 Å². The van der Waals surface area contributed by atoms with E-state index in [9.17, 15) is 30.7 Å². The van der Waals surface area contributed by atoms with Crippen LogP contribution in [0.15, 0.2) is 72.8 Å². The van der Waals surface area contributed by atoms with Gasteiger partial charge in [-0.25, -0.2) is 17.6 Å². The van der Waals surface area contributed by atoms with Crippen molar-refractivity contribution in [3.8, 4) is 28.0 Å². The monoisotopic (exact) mass is 670 g/mol. The molecule has 1 heterocycles. The van der Waals surface area contributed by atoms with Gasteiger partial charge < -0.3 is 18.9 Å². The second-order valence-electron chi connectivity index (χ2n) is 10.7. The molecule has 0 aliphatic carbocycles. The van der Waals surface area contributed by atoms with E-state index >= 15 is 8.78 Å². The van der Waals surface area contributed by atoms with Gasteiger partial charge in [0, 0.05) is 17.7 Å². The van der Waals surface area contributed by atoms with E-state index in [1.54, 1.807) is 0 Å². The maximum Gasteiger partial charge on any atom is 0.432 e. The standard InChI is InChI=1S/C34H27F9O4/c1-2-3-12-44-24-17-45-32(46-18-24)22-15-29(37)31(30(38)16-22)34(42,43)47-23-8-4-19(5-9-23)20-6-10-25(27(35)13-20)21-7-11-26(28(36)14-21)33(39,40)41/h4-11,13-16,24,32H,2-3,12,17-18H2,1H3. The SMILES string of the molecule is CCCCOC1COC(c2cc(F)c(C(F)(F)Oc3ccc(-c4ccc(-c5ccc(C(F)(F)F)c(F)c5)c(F)c4)cc3)c(F)c2)OC1. The largest absolute Gasteiger partial charge is 0.432 e. The van der Waals surface area contributed by atoms with E-state index in [0.29, 0.717) is 36.4 Å². The van der Waals surface area contributed by atoms with Crippen LogP contribution in [0.4, 0.5) is 39.5 Å². The lowest BCUT2D eigenvalue weighted by molar-refractivity contribution is -0.230. The van der Waals surface area contributed by atoms with Gasteiger partial charge in [-0.05, 0) is 65.6 Å². The first-order valence-electron chi connectivity index (χ1n) is 14.4. The summed E-state index contributed by atoms with van der Waals surface area (Å²) in [6, 6.07) is 11.7. The Bertz CT molecular complexity index is 1680. The van der Waals surface area contributed by atoms with Gasteiger partial charge in [0.25, 0.3) is 0 Å². The van der Waals surface area contributed by atoms with Crippen molar-refractivity contribution >= 4 is 0 Å². The molecule has 5 rings (SSSR count). The minimum absolute atomic E-state index is 0.0879. The molecule has 0 unspecified atom stereocenters. The van der Waals surface area contributed by atoms with E-state index in [2.05, 4.69) is 4.74 Å². The third-order valence-corrected chi connectivity index (χ3v) is 7.33. The topological polar surface area (TPSA) is 36.9 Å². The Kier molecular flexibility index (Phi) is 10.2. The van der Waals surface area contributed by atoms with Crippen molar-refractivity contribution in [2.24, 2.45) is 0 Å². The lowest BCUT2D eigenvalue weighted by Gasteiger charge is -2.30. The van der Waals surface area contributed by atoms with Crippen LogP contribution >= 0.6 is 0 Å². The zero-order valence-electron chi connectivity index (χ0n) is 24.7. The molecular formula is C34H27F9O4. The highest BCUT2D eigenvalue weighted by Crippen LogP contribution is 2.39. The van der Waals surface area contributed by atoms with E-state index in [1.165, 1.54) is 24.3 Å². The number of ether oxygens (including phenoxy) is 4. The molecule has 1 fully saturated rings. The molecule has 0 radical (unpaired) electrons. The van der Waals surface area contributed by atoms with Gasteiger partial charge in [0.2, 0.25) is 0 Å². The predicted octanol–water partition coefficient (Wildman–Crippen LogP) is 9.95. The average Bonchev–Trinajstić information content (AvgIpc) is 3.00. The summed E-state index contributed by atoms with van der Waals surface area (Å²) in [5.41, 5.74) is -2.99. The second-order valence-corrected chi connectivity index (χ2v) is 10.7. The molecule has 4 aromatic carbocycles. The van der Waals surface area contributed by atoms with Crippen LogP contribution in [0.1, 0.15) is 42.7 Å². The molecule has 47 heavy (non-hydrogen) atoms. The van der Waals surface area contributed by atoms with Gasteiger partial charge in [0.15, 0.2) is 6.29 Å². The Hall–Kier alpha value is -4.07. The zero-order valence-corrected chi connectivity index (χ0v) is 24.7. The summed E-state index contributed by atoms with van der Waals surface area (Å²) in [6.07, 6.45) is -9.13. The van der Waals surface area contributed by atoms with Gasteiger partial charge in [0.05, 0.1) is 18.8 Å². The molecule has 0 spiro atoms. The van der Waals surface area contributed by atoms with Crippen LogP contribution in [-0.4, -0.2) is 25.9 Å². The zero-order chi connectivity index (χ0) is 33.9. The fourth-order valence-electron chi connectivity index (χ4n) is 4.93. The summed E-state index contributed by atoms with van der Waals surface area (Å²) in [6.45, 7) is 2.67. The van der Waals surface area contributed by atoms with Crippen molar-refractivity contribution in [2.45, 2.75) is 44.4 Å². The van der Waals surface area contributed by atoms with E-state index in [-0.39, 0.29) is 41.6 Å². The number of benzene rings is 4. The normalized spacial score (nSPS) is 17.1. The molecule has 0 bridgehead atoms. The van der Waals surface area contributed by atoms with Crippen LogP contribution in [-0.2, 0) is 26.5 Å². The van der Waals surface area contributed by atoms with Gasteiger partial charge in [-0.3, -0.25) is 0 Å². The van der Waals surface area contributed by atoms with Gasteiger partial charge >= 0.3 is 12.3 Å². The number of rotatable bonds is 10. The molecule has 0 atom stereocenters. The molecule has 0 saturated carbocycles. The Morgan fingerprint density at radius 1 is 0.702 bits per heavy atom. The van der Waals surface area contributed by atoms with Crippen molar-refractivity contribution in [3.63, 3.8) is 0 Å². The third-order valence-electron chi connectivity index (χ3n) is 7.33. The summed E-state index contributed by atoms with van der Waals surface area (Å²) < 4.78 is 148. The fourth-order valence-corrected chi connectivity index (χ4v) is 4.93. The van der Waals surface area contributed by atoms with Crippen LogP contribution < -0.4 is 4.74 Å². The Labute approximate surface area is 263 Å². The lowest BCUT2D eigenvalue weighted by Crippen LogP contribution is -2.34. The van der Waals surface area contributed by atoms with E-state index in [0.717, 1.165) is 37.1 Å². The highest BCUT2D eigenvalue weighted by molar-refractivity contribution is 5.71. The molecule has 13 heteroatoms. The Morgan fingerprint density at radius 2 is 1.30 bits per heavy atom. The summed E-state index contributed by atoms with van der Waals surface area (Å²) in [5.74, 6) is -6.08. The van der Waals surface area contributed by atoms with Crippen molar-refractivity contribution in [1.29, 1.82) is 0 Å². The van der Waals surface area contributed by atoms with Crippen LogP contribution in [0, 0.1) is 23.3 Å². The van der Waals surface area contributed by atoms with Gasteiger partial charge in [-0.1, -0.05) is 43.7 Å². The Balaban J connectivity index is 1.26. The number of halogens is 9. The summed E-state index contributed by atoms with van der Waals surface area (Å²) >= 11 is 0. The maximum atomic E-state index is 15.0. The smallest absolute Gasteiger partial charge is 0.429 e. The molecular weight excluding hydrogens is 643 g/mol. The third kappa shape index (κ3) is 7.91. The van der Waals surface area contributed by atoms with Gasteiger partial charge in [0.1, 0.15) is 40.7 Å². The molecule has 0 aromatic heterocycles. The van der Waals surface area contributed by atoms with Gasteiger partial charge in [-0.2, -0.15) is 22.0 Å². The average molecular weight is 671 g/mol.